The second-order valence-electron chi connectivity index (χ2n) is 5.05. The number of carbonyl (C=O) groups is 1. The van der Waals surface area contributed by atoms with Crippen LogP contribution in [0, 0.1) is 13.8 Å². The third-order valence-corrected chi connectivity index (χ3v) is 4.43. The Bertz CT molecular complexity index is 710. The number of hydrogen-bond acceptors (Lipinski definition) is 4. The summed E-state index contributed by atoms with van der Waals surface area (Å²) in [6.45, 7) is 4.11. The summed E-state index contributed by atoms with van der Waals surface area (Å²) in [4.78, 5) is 13.5. The van der Waals surface area contributed by atoms with Crippen molar-refractivity contribution in [2.45, 2.75) is 19.9 Å². The number of nitrogens with one attached hydrogen (secondary N) is 1. The number of hydrogen-bond donors (Lipinski definition) is 1. The average Bonchev–Trinajstić information content (AvgIpc) is 3.21. The number of furan rings is 1. The van der Waals surface area contributed by atoms with Gasteiger partial charge in [0.2, 0.25) is 0 Å². The van der Waals surface area contributed by atoms with Gasteiger partial charge >= 0.3 is 0 Å². The first-order valence-electron chi connectivity index (χ1n) is 7.03. The summed E-state index contributed by atoms with van der Waals surface area (Å²) in [6.07, 6.45) is 3.65. The van der Waals surface area contributed by atoms with Gasteiger partial charge in [-0.25, -0.2) is 0 Å². The Morgan fingerprint density at radius 3 is 2.91 bits per heavy atom. The SMILES string of the molecule is Cc1cc(C(=O)NC[C@H](c2cccs2)n2cccn2)c(C)o1. The van der Waals surface area contributed by atoms with Gasteiger partial charge in [0.1, 0.15) is 17.6 Å². The summed E-state index contributed by atoms with van der Waals surface area (Å²) in [6, 6.07) is 7.69. The van der Waals surface area contributed by atoms with Crippen molar-refractivity contribution in [3.8, 4) is 0 Å². The van der Waals surface area contributed by atoms with E-state index in [-0.39, 0.29) is 11.9 Å². The quantitative estimate of drug-likeness (QED) is 0.786. The Morgan fingerprint density at radius 1 is 1.45 bits per heavy atom. The van der Waals surface area contributed by atoms with Crippen LogP contribution in [0.4, 0.5) is 0 Å². The fraction of sp³-hybridized carbons (Fsp3) is 0.250. The highest BCUT2D eigenvalue weighted by Gasteiger charge is 2.19. The molecule has 22 heavy (non-hydrogen) atoms. The van der Waals surface area contributed by atoms with E-state index in [2.05, 4.69) is 16.5 Å². The Hall–Kier alpha value is -2.34. The second kappa shape index (κ2) is 6.19. The van der Waals surface area contributed by atoms with E-state index in [4.69, 9.17) is 4.42 Å². The van der Waals surface area contributed by atoms with E-state index in [1.807, 2.05) is 35.3 Å². The fourth-order valence-electron chi connectivity index (χ4n) is 2.41. The van der Waals surface area contributed by atoms with Crippen molar-refractivity contribution in [3.05, 3.63) is 64.0 Å². The van der Waals surface area contributed by atoms with Crippen molar-refractivity contribution >= 4 is 17.2 Å². The Kier molecular flexibility index (Phi) is 4.11. The molecule has 0 unspecified atom stereocenters. The van der Waals surface area contributed by atoms with E-state index in [0.29, 0.717) is 17.9 Å². The zero-order valence-electron chi connectivity index (χ0n) is 12.4. The number of aryl methyl sites for hydroxylation is 2. The monoisotopic (exact) mass is 315 g/mol. The first kappa shape index (κ1) is 14.6. The minimum absolute atomic E-state index is 0.00717. The lowest BCUT2D eigenvalue weighted by molar-refractivity contribution is 0.0948. The van der Waals surface area contributed by atoms with Gasteiger partial charge in [0.15, 0.2) is 0 Å². The van der Waals surface area contributed by atoms with Gasteiger partial charge in [-0.3, -0.25) is 9.48 Å². The Morgan fingerprint density at radius 2 is 2.32 bits per heavy atom. The van der Waals surface area contributed by atoms with Crippen molar-refractivity contribution in [3.63, 3.8) is 0 Å². The minimum Gasteiger partial charge on any atom is -0.466 e. The van der Waals surface area contributed by atoms with Crippen LogP contribution in [-0.4, -0.2) is 22.2 Å². The normalized spacial score (nSPS) is 12.3. The van der Waals surface area contributed by atoms with Crippen LogP contribution in [0.15, 0.2) is 46.5 Å². The zero-order valence-corrected chi connectivity index (χ0v) is 13.3. The molecule has 5 nitrogen and oxygen atoms in total. The summed E-state index contributed by atoms with van der Waals surface area (Å²) in [7, 11) is 0. The molecule has 0 fully saturated rings. The molecule has 0 aliphatic carbocycles. The first-order chi connectivity index (χ1) is 10.6. The molecule has 1 N–H and O–H groups in total. The Labute approximate surface area is 132 Å². The molecular formula is C16H17N3O2S. The van der Waals surface area contributed by atoms with Crippen LogP contribution in [0.25, 0.3) is 0 Å². The van der Waals surface area contributed by atoms with Crippen LogP contribution in [-0.2, 0) is 0 Å². The van der Waals surface area contributed by atoms with Crippen LogP contribution in [0.1, 0.15) is 32.8 Å². The van der Waals surface area contributed by atoms with Crippen molar-refractivity contribution in [2.75, 3.05) is 6.54 Å². The molecule has 0 spiro atoms. The van der Waals surface area contributed by atoms with Gasteiger partial charge in [0.25, 0.3) is 5.91 Å². The molecule has 0 aliphatic rings. The van der Waals surface area contributed by atoms with Gasteiger partial charge in [-0.2, -0.15) is 5.10 Å². The number of thiophene rings is 1. The zero-order chi connectivity index (χ0) is 15.5. The lowest BCUT2D eigenvalue weighted by atomic mass is 10.2. The van der Waals surface area contributed by atoms with E-state index in [9.17, 15) is 4.79 Å². The third-order valence-electron chi connectivity index (χ3n) is 3.46. The van der Waals surface area contributed by atoms with Crippen LogP contribution in [0.5, 0.6) is 0 Å². The number of carbonyl (C=O) groups excluding carboxylic acids is 1. The predicted octanol–water partition coefficient (Wildman–Crippen LogP) is 3.17. The van der Waals surface area contributed by atoms with Crippen molar-refractivity contribution < 1.29 is 9.21 Å². The first-order valence-corrected chi connectivity index (χ1v) is 7.91. The van der Waals surface area contributed by atoms with Crippen LogP contribution >= 0.6 is 11.3 Å². The topological polar surface area (TPSA) is 60.1 Å². The van der Waals surface area contributed by atoms with Crippen molar-refractivity contribution in [1.29, 1.82) is 0 Å². The van der Waals surface area contributed by atoms with E-state index in [1.165, 1.54) is 0 Å². The smallest absolute Gasteiger partial charge is 0.254 e. The molecule has 3 aromatic rings. The molecule has 3 aromatic heterocycles. The summed E-state index contributed by atoms with van der Waals surface area (Å²) in [5.41, 5.74) is 0.586. The summed E-state index contributed by atoms with van der Waals surface area (Å²) < 4.78 is 7.27. The highest BCUT2D eigenvalue weighted by atomic mass is 32.1. The van der Waals surface area contributed by atoms with E-state index >= 15 is 0 Å². The summed E-state index contributed by atoms with van der Waals surface area (Å²) >= 11 is 1.65. The van der Waals surface area contributed by atoms with E-state index in [1.54, 1.807) is 30.5 Å². The molecule has 0 aromatic carbocycles. The molecule has 1 amide bonds. The summed E-state index contributed by atoms with van der Waals surface area (Å²) in [5.74, 6) is 1.26. The maximum Gasteiger partial charge on any atom is 0.254 e. The minimum atomic E-state index is -0.122. The van der Waals surface area contributed by atoms with Gasteiger partial charge in [-0.1, -0.05) is 6.07 Å². The second-order valence-corrected chi connectivity index (χ2v) is 6.03. The van der Waals surface area contributed by atoms with Crippen molar-refractivity contribution in [2.24, 2.45) is 0 Å². The summed E-state index contributed by atoms with van der Waals surface area (Å²) in [5, 5.41) is 9.30. The molecule has 0 saturated carbocycles. The molecule has 0 aliphatic heterocycles. The van der Waals surface area contributed by atoms with Gasteiger partial charge < -0.3 is 9.73 Å². The maximum atomic E-state index is 12.3. The fourth-order valence-corrected chi connectivity index (χ4v) is 3.23. The largest absolute Gasteiger partial charge is 0.466 e. The van der Waals surface area contributed by atoms with Gasteiger partial charge in [-0.15, -0.1) is 11.3 Å². The van der Waals surface area contributed by atoms with Gasteiger partial charge in [0.05, 0.1) is 5.56 Å². The molecular weight excluding hydrogens is 298 g/mol. The predicted molar refractivity (Wildman–Crippen MR) is 85.2 cm³/mol. The molecule has 114 valence electrons. The molecule has 6 heteroatoms. The molecule has 0 bridgehead atoms. The number of amides is 1. The molecule has 3 heterocycles. The van der Waals surface area contributed by atoms with Crippen molar-refractivity contribution in [1.82, 2.24) is 15.1 Å². The molecule has 3 rings (SSSR count). The van der Waals surface area contributed by atoms with Crippen LogP contribution in [0.3, 0.4) is 0 Å². The number of rotatable bonds is 5. The Balaban J connectivity index is 1.75. The van der Waals surface area contributed by atoms with E-state index in [0.717, 1.165) is 10.6 Å². The molecule has 1 atom stereocenters. The lowest BCUT2D eigenvalue weighted by Gasteiger charge is -2.17. The highest BCUT2D eigenvalue weighted by molar-refractivity contribution is 7.10. The van der Waals surface area contributed by atoms with Crippen LogP contribution in [0.2, 0.25) is 0 Å². The highest BCUT2D eigenvalue weighted by Crippen LogP contribution is 2.22. The van der Waals surface area contributed by atoms with Crippen LogP contribution < -0.4 is 5.32 Å². The van der Waals surface area contributed by atoms with E-state index < -0.39 is 0 Å². The molecule has 0 saturated heterocycles. The lowest BCUT2D eigenvalue weighted by Crippen LogP contribution is -2.31. The third kappa shape index (κ3) is 2.96. The number of aromatic nitrogens is 2. The van der Waals surface area contributed by atoms with Gasteiger partial charge in [-0.05, 0) is 37.4 Å². The maximum absolute atomic E-state index is 12.3. The average molecular weight is 315 g/mol. The number of nitrogens with zero attached hydrogens (tertiary/aromatic N) is 2. The van der Waals surface area contributed by atoms with Gasteiger partial charge in [0, 0.05) is 23.8 Å². The molecule has 0 radical (unpaired) electrons. The standard InChI is InChI=1S/C16H17N3O2S/c1-11-9-13(12(2)21-11)16(20)17-10-14(15-5-3-8-22-15)19-7-4-6-18-19/h3-9,14H,10H2,1-2H3,(H,17,20)/t14-/m1/s1.